The van der Waals surface area contributed by atoms with Gasteiger partial charge in [0.1, 0.15) is 0 Å². The molecule has 3 N–H and O–H groups in total. The quantitative estimate of drug-likeness (QED) is 0.781. The molecule has 0 bridgehead atoms. The molecule has 1 aliphatic rings. The van der Waals surface area contributed by atoms with E-state index in [2.05, 4.69) is 25.4 Å². The molecule has 0 aromatic carbocycles. The average Bonchev–Trinajstić information content (AvgIpc) is 2.38. The lowest BCUT2D eigenvalue weighted by Gasteiger charge is -2.36. The molecule has 0 spiro atoms. The number of amides is 1. The molecule has 1 saturated carbocycles. The lowest BCUT2D eigenvalue weighted by Crippen LogP contribution is -2.41. The number of hydrogen-bond acceptors (Lipinski definition) is 3. The number of rotatable bonds is 6. The number of thioether (sulfide) groups is 1. The maximum atomic E-state index is 12.1. The Balaban J connectivity index is 2.42. The van der Waals surface area contributed by atoms with Gasteiger partial charge in [0.15, 0.2) is 0 Å². The van der Waals surface area contributed by atoms with Gasteiger partial charge in [-0.1, -0.05) is 19.3 Å². The first-order chi connectivity index (χ1) is 8.43. The van der Waals surface area contributed by atoms with Crippen molar-refractivity contribution in [3.8, 4) is 0 Å². The highest BCUT2D eigenvalue weighted by atomic mass is 32.2. The van der Waals surface area contributed by atoms with E-state index in [-0.39, 0.29) is 16.1 Å². The SMILES string of the molecule is CSC(C)(C)CNC(=O)CC1(CN)CCCCC1. The lowest BCUT2D eigenvalue weighted by atomic mass is 9.71. The largest absolute Gasteiger partial charge is 0.355 e. The average molecular weight is 272 g/mol. The Hall–Kier alpha value is -0.220. The Labute approximate surface area is 116 Å². The fourth-order valence-corrected chi connectivity index (χ4v) is 2.76. The zero-order valence-corrected chi connectivity index (χ0v) is 12.9. The molecule has 4 heteroatoms. The van der Waals surface area contributed by atoms with Crippen LogP contribution >= 0.6 is 11.8 Å². The van der Waals surface area contributed by atoms with Gasteiger partial charge in [-0.25, -0.2) is 0 Å². The minimum atomic E-state index is 0.0752. The molecule has 1 rings (SSSR count). The van der Waals surface area contributed by atoms with E-state index < -0.39 is 0 Å². The maximum absolute atomic E-state index is 12.1. The highest BCUT2D eigenvalue weighted by Crippen LogP contribution is 2.38. The molecule has 0 atom stereocenters. The number of carbonyl (C=O) groups is 1. The molecule has 0 radical (unpaired) electrons. The van der Waals surface area contributed by atoms with Crippen LogP contribution in [-0.2, 0) is 4.79 Å². The van der Waals surface area contributed by atoms with Crippen LogP contribution in [0.4, 0.5) is 0 Å². The van der Waals surface area contributed by atoms with E-state index in [4.69, 9.17) is 5.73 Å². The van der Waals surface area contributed by atoms with E-state index in [1.54, 1.807) is 11.8 Å². The van der Waals surface area contributed by atoms with E-state index in [9.17, 15) is 4.79 Å². The van der Waals surface area contributed by atoms with E-state index >= 15 is 0 Å². The van der Waals surface area contributed by atoms with E-state index in [1.165, 1.54) is 19.3 Å². The van der Waals surface area contributed by atoms with Gasteiger partial charge >= 0.3 is 0 Å². The summed E-state index contributed by atoms with van der Waals surface area (Å²) >= 11 is 1.78. The van der Waals surface area contributed by atoms with Crippen LogP contribution in [0.15, 0.2) is 0 Å². The summed E-state index contributed by atoms with van der Waals surface area (Å²) in [5.41, 5.74) is 5.99. The molecule has 0 unspecified atom stereocenters. The molecule has 1 amide bonds. The van der Waals surface area contributed by atoms with E-state index in [0.29, 0.717) is 13.0 Å². The van der Waals surface area contributed by atoms with Crippen molar-refractivity contribution in [2.75, 3.05) is 19.3 Å². The first kappa shape index (κ1) is 15.8. The van der Waals surface area contributed by atoms with Gasteiger partial charge < -0.3 is 11.1 Å². The zero-order chi connectivity index (χ0) is 13.6. The van der Waals surface area contributed by atoms with E-state index in [1.807, 2.05) is 0 Å². The molecule has 18 heavy (non-hydrogen) atoms. The smallest absolute Gasteiger partial charge is 0.220 e. The normalized spacial score (nSPS) is 19.6. The second kappa shape index (κ2) is 6.80. The molecule has 106 valence electrons. The van der Waals surface area contributed by atoms with Crippen molar-refractivity contribution in [1.82, 2.24) is 5.32 Å². The number of nitrogens with one attached hydrogen (secondary N) is 1. The van der Waals surface area contributed by atoms with Gasteiger partial charge in [0, 0.05) is 17.7 Å². The van der Waals surface area contributed by atoms with Crippen molar-refractivity contribution < 1.29 is 4.79 Å². The summed E-state index contributed by atoms with van der Waals surface area (Å²) in [7, 11) is 0. The molecule has 0 aromatic rings. The Morgan fingerprint density at radius 2 is 1.94 bits per heavy atom. The highest BCUT2D eigenvalue weighted by molar-refractivity contribution is 7.99. The van der Waals surface area contributed by atoms with Crippen molar-refractivity contribution in [2.24, 2.45) is 11.1 Å². The standard InChI is InChI=1S/C14H28N2OS/c1-13(2,18-3)11-16-12(17)9-14(10-15)7-5-4-6-8-14/h4-11,15H2,1-3H3,(H,16,17). The first-order valence-corrected chi connectivity index (χ1v) is 8.17. The fraction of sp³-hybridized carbons (Fsp3) is 0.929. The van der Waals surface area contributed by atoms with Crippen LogP contribution in [0.1, 0.15) is 52.4 Å². The lowest BCUT2D eigenvalue weighted by molar-refractivity contribution is -0.123. The second-order valence-electron chi connectivity index (χ2n) is 6.18. The zero-order valence-electron chi connectivity index (χ0n) is 12.1. The Kier molecular flexibility index (Phi) is 5.99. The van der Waals surface area contributed by atoms with Crippen molar-refractivity contribution in [1.29, 1.82) is 0 Å². The highest BCUT2D eigenvalue weighted by Gasteiger charge is 2.33. The third-order valence-electron chi connectivity index (χ3n) is 4.15. The summed E-state index contributed by atoms with van der Waals surface area (Å²) in [6, 6.07) is 0. The van der Waals surface area contributed by atoms with Gasteiger partial charge in [0.2, 0.25) is 5.91 Å². The van der Waals surface area contributed by atoms with Crippen molar-refractivity contribution >= 4 is 17.7 Å². The van der Waals surface area contributed by atoms with Crippen LogP contribution in [0.3, 0.4) is 0 Å². The second-order valence-corrected chi connectivity index (χ2v) is 7.70. The van der Waals surface area contributed by atoms with Crippen LogP contribution in [0.5, 0.6) is 0 Å². The van der Waals surface area contributed by atoms with Gasteiger partial charge in [-0.3, -0.25) is 4.79 Å². The van der Waals surface area contributed by atoms with Gasteiger partial charge in [0.25, 0.3) is 0 Å². The predicted octanol–water partition coefficient (Wildman–Crippen LogP) is 2.54. The summed E-state index contributed by atoms with van der Waals surface area (Å²) < 4.78 is 0.109. The molecule has 1 fully saturated rings. The third kappa shape index (κ3) is 4.81. The monoisotopic (exact) mass is 272 g/mol. The third-order valence-corrected chi connectivity index (χ3v) is 5.40. The number of carbonyl (C=O) groups excluding carboxylic acids is 1. The molecular weight excluding hydrogens is 244 g/mol. The Morgan fingerprint density at radius 1 is 1.33 bits per heavy atom. The van der Waals surface area contributed by atoms with Crippen molar-refractivity contribution in [2.45, 2.75) is 57.1 Å². The predicted molar refractivity (Wildman–Crippen MR) is 79.8 cm³/mol. The summed E-state index contributed by atoms with van der Waals surface area (Å²) in [6.45, 7) is 5.68. The van der Waals surface area contributed by atoms with Crippen LogP contribution in [-0.4, -0.2) is 30.0 Å². The molecule has 0 aromatic heterocycles. The van der Waals surface area contributed by atoms with Crippen molar-refractivity contribution in [3.05, 3.63) is 0 Å². The van der Waals surface area contributed by atoms with E-state index in [0.717, 1.165) is 19.4 Å². The van der Waals surface area contributed by atoms with Crippen molar-refractivity contribution in [3.63, 3.8) is 0 Å². The van der Waals surface area contributed by atoms with Gasteiger partial charge in [0.05, 0.1) is 0 Å². The van der Waals surface area contributed by atoms with Crippen LogP contribution in [0.2, 0.25) is 0 Å². The number of hydrogen-bond donors (Lipinski definition) is 2. The summed E-state index contributed by atoms with van der Waals surface area (Å²) in [5, 5.41) is 3.06. The molecule has 0 heterocycles. The molecule has 0 saturated heterocycles. The minimum Gasteiger partial charge on any atom is -0.355 e. The number of nitrogens with two attached hydrogens (primary N) is 1. The van der Waals surface area contributed by atoms with Crippen LogP contribution in [0.25, 0.3) is 0 Å². The van der Waals surface area contributed by atoms with Gasteiger partial charge in [-0.2, -0.15) is 11.8 Å². The topological polar surface area (TPSA) is 55.1 Å². The van der Waals surface area contributed by atoms with Gasteiger partial charge in [-0.15, -0.1) is 0 Å². The summed E-state index contributed by atoms with van der Waals surface area (Å²) in [4.78, 5) is 12.1. The molecule has 3 nitrogen and oxygen atoms in total. The first-order valence-electron chi connectivity index (χ1n) is 6.95. The molecule has 1 aliphatic carbocycles. The Morgan fingerprint density at radius 3 is 2.44 bits per heavy atom. The Bertz CT molecular complexity index is 273. The maximum Gasteiger partial charge on any atom is 0.220 e. The summed E-state index contributed by atoms with van der Waals surface area (Å²) in [6.07, 6.45) is 8.65. The summed E-state index contributed by atoms with van der Waals surface area (Å²) in [5.74, 6) is 0.171. The fourth-order valence-electron chi connectivity index (χ4n) is 2.54. The van der Waals surface area contributed by atoms with Crippen LogP contribution in [0, 0.1) is 5.41 Å². The van der Waals surface area contributed by atoms with Crippen LogP contribution < -0.4 is 11.1 Å². The van der Waals surface area contributed by atoms with Gasteiger partial charge in [-0.05, 0) is 44.9 Å². The molecular formula is C14H28N2OS. The minimum absolute atomic E-state index is 0.0752. The molecule has 0 aliphatic heterocycles.